The number of rotatable bonds is 6. The third kappa shape index (κ3) is 5.33. The number of likely N-dealkylation sites (tertiary alicyclic amines) is 2. The fraction of sp³-hybridized carbons (Fsp3) is 0.400. The molecule has 1 N–H and O–H groups in total. The number of nitrogens with zero attached hydrogens (tertiary/aromatic N) is 3. The summed E-state index contributed by atoms with van der Waals surface area (Å²) in [7, 11) is 1.43. The average molecular weight is 791 g/mol. The molecule has 4 fully saturated rings. The monoisotopic (exact) mass is 789 g/mol. The Balaban J connectivity index is 1.15. The minimum absolute atomic E-state index is 0.114. The highest BCUT2D eigenvalue weighted by Crippen LogP contribution is 2.64. The highest BCUT2D eigenvalue weighted by molar-refractivity contribution is 9.10. The van der Waals surface area contributed by atoms with Crippen molar-refractivity contribution in [3.63, 3.8) is 0 Å². The molecule has 52 heavy (non-hydrogen) atoms. The zero-order valence-corrected chi connectivity index (χ0v) is 31.1. The number of hydrogen-bond acceptors (Lipinski definition) is 7. The van der Waals surface area contributed by atoms with Crippen molar-refractivity contribution in [3.05, 3.63) is 98.8 Å². The van der Waals surface area contributed by atoms with Crippen LogP contribution in [0.25, 0.3) is 0 Å². The second kappa shape index (κ2) is 13.1. The molecule has 3 heterocycles. The maximum Gasteiger partial charge on any atom is 0.241 e. The van der Waals surface area contributed by atoms with Gasteiger partial charge < -0.3 is 9.84 Å². The number of benzene rings is 3. The van der Waals surface area contributed by atoms with Gasteiger partial charge in [0.2, 0.25) is 23.6 Å². The molecule has 1 saturated carbocycles. The molecule has 6 unspecified atom stereocenters. The number of fused-ring (bicyclic) bond motifs is 4. The molecule has 3 saturated heterocycles. The van der Waals surface area contributed by atoms with Crippen LogP contribution in [0.15, 0.2) is 76.8 Å². The number of aromatic hydroxyl groups is 1. The first kappa shape index (κ1) is 35.0. The summed E-state index contributed by atoms with van der Waals surface area (Å²) in [4.78, 5) is 62.9. The van der Waals surface area contributed by atoms with Gasteiger partial charge in [0.1, 0.15) is 5.82 Å². The van der Waals surface area contributed by atoms with E-state index in [4.69, 9.17) is 16.3 Å². The highest BCUT2D eigenvalue weighted by atomic mass is 79.9. The van der Waals surface area contributed by atoms with Crippen LogP contribution >= 0.6 is 27.5 Å². The van der Waals surface area contributed by atoms with Crippen molar-refractivity contribution in [2.24, 2.45) is 29.1 Å². The molecular weight excluding hydrogens is 753 g/mol. The van der Waals surface area contributed by atoms with Crippen LogP contribution in [0.5, 0.6) is 11.5 Å². The van der Waals surface area contributed by atoms with Crippen LogP contribution in [-0.4, -0.2) is 64.8 Å². The van der Waals surface area contributed by atoms with Gasteiger partial charge in [-0.25, -0.2) is 9.29 Å². The van der Waals surface area contributed by atoms with E-state index in [2.05, 4.69) is 33.0 Å². The van der Waals surface area contributed by atoms with Gasteiger partial charge >= 0.3 is 0 Å². The summed E-state index contributed by atoms with van der Waals surface area (Å²) in [5, 5.41) is 10.5. The van der Waals surface area contributed by atoms with Crippen molar-refractivity contribution in [1.82, 2.24) is 9.80 Å². The van der Waals surface area contributed by atoms with E-state index in [1.54, 1.807) is 19.1 Å². The van der Waals surface area contributed by atoms with Gasteiger partial charge in [-0.3, -0.25) is 29.0 Å². The number of allylic oxidation sites excluding steroid dienone is 2. The molecule has 3 aromatic carbocycles. The van der Waals surface area contributed by atoms with Gasteiger partial charge in [-0.2, -0.15) is 0 Å². The molecule has 270 valence electrons. The topological polar surface area (TPSA) is 107 Å². The normalized spacial score (nSPS) is 29.2. The number of carbonyl (C=O) groups is 4. The molecule has 3 aromatic rings. The van der Waals surface area contributed by atoms with Gasteiger partial charge in [0.05, 0.1) is 45.5 Å². The molecule has 0 aromatic heterocycles. The lowest BCUT2D eigenvalue weighted by atomic mass is 9.51. The minimum Gasteiger partial charge on any atom is -0.503 e. The predicted octanol–water partition coefficient (Wildman–Crippen LogP) is 6.85. The van der Waals surface area contributed by atoms with E-state index in [1.165, 1.54) is 29.7 Å². The van der Waals surface area contributed by atoms with Crippen LogP contribution in [0.4, 0.5) is 10.1 Å². The van der Waals surface area contributed by atoms with Crippen LogP contribution in [0.2, 0.25) is 5.02 Å². The van der Waals surface area contributed by atoms with Crippen LogP contribution in [0.3, 0.4) is 0 Å². The first-order chi connectivity index (χ1) is 24.9. The van der Waals surface area contributed by atoms with Gasteiger partial charge in [0.25, 0.3) is 0 Å². The number of methoxy groups -OCH3 is 1. The Morgan fingerprint density at radius 2 is 1.71 bits per heavy atom. The van der Waals surface area contributed by atoms with Gasteiger partial charge in [-0.15, -0.1) is 0 Å². The van der Waals surface area contributed by atoms with E-state index < -0.39 is 52.6 Å². The van der Waals surface area contributed by atoms with Gasteiger partial charge in [0.15, 0.2) is 11.5 Å². The zero-order chi connectivity index (χ0) is 36.6. The molecule has 5 aliphatic rings. The fourth-order valence-corrected chi connectivity index (χ4v) is 10.4. The Bertz CT molecular complexity index is 2040. The van der Waals surface area contributed by atoms with E-state index in [9.17, 15) is 28.7 Å². The molecule has 2 aliphatic carbocycles. The summed E-state index contributed by atoms with van der Waals surface area (Å²) in [5.74, 6) is -5.24. The van der Waals surface area contributed by atoms with Crippen LogP contribution in [-0.2, 0) is 25.7 Å². The molecule has 9 nitrogen and oxygen atoms in total. The smallest absolute Gasteiger partial charge is 0.241 e. The Morgan fingerprint density at radius 1 is 0.981 bits per heavy atom. The molecular formula is C40H38BrClFN3O6. The quantitative estimate of drug-likeness (QED) is 0.215. The lowest BCUT2D eigenvalue weighted by molar-refractivity contribution is -0.144. The Kier molecular flexibility index (Phi) is 8.82. The second-order valence-electron chi connectivity index (χ2n) is 14.9. The number of ether oxygens (including phenoxy) is 1. The number of carbonyl (C=O) groups excluding carboxylic acids is 4. The molecule has 3 aliphatic heterocycles. The SMILES string of the molecule is COc1cc(C2C3=CCC4C(=O)N(C5CCN(Cc6ccccc6)CC5)C(=O)C4C3CC3C(=O)N(c4ccc(F)c(Cl)c4)C(=O)C32C)cc(Br)c1O. The van der Waals surface area contributed by atoms with Crippen LogP contribution in [0.1, 0.15) is 49.7 Å². The van der Waals surface area contributed by atoms with E-state index >= 15 is 0 Å². The first-order valence-corrected chi connectivity index (χ1v) is 18.8. The van der Waals surface area contributed by atoms with Gasteiger partial charge in [-0.1, -0.05) is 53.6 Å². The zero-order valence-electron chi connectivity index (χ0n) is 28.7. The summed E-state index contributed by atoms with van der Waals surface area (Å²) in [6.07, 6.45) is 3.88. The van der Waals surface area contributed by atoms with E-state index in [1.807, 2.05) is 24.3 Å². The summed E-state index contributed by atoms with van der Waals surface area (Å²) in [6.45, 7) is 4.10. The standard InChI is InChI=1S/C40H38BrClFN3O6/c1-40-28(37(49)46(39(40)51)24-8-11-31(43)30(42)18-24)19-27-25(34(40)22-16-29(41)35(47)32(17-22)52-2)9-10-26-33(27)38(50)45(36(26)48)23-12-14-44(15-13-23)20-21-6-4-3-5-7-21/h3-9,11,16-18,23,26-28,33-34,47H,10,12-15,19-20H2,1-2H3. The Morgan fingerprint density at radius 3 is 2.40 bits per heavy atom. The maximum atomic E-state index is 14.7. The second-order valence-corrected chi connectivity index (χ2v) is 16.1. The van der Waals surface area contributed by atoms with Crippen molar-refractivity contribution in [3.8, 4) is 11.5 Å². The van der Waals surface area contributed by atoms with E-state index in [-0.39, 0.29) is 46.5 Å². The number of imide groups is 2. The minimum atomic E-state index is -1.33. The van der Waals surface area contributed by atoms with Crippen molar-refractivity contribution in [2.45, 2.75) is 51.1 Å². The summed E-state index contributed by atoms with van der Waals surface area (Å²) < 4.78 is 20.1. The van der Waals surface area contributed by atoms with Crippen molar-refractivity contribution < 1.29 is 33.4 Å². The third-order valence-electron chi connectivity index (χ3n) is 12.2. The van der Waals surface area contributed by atoms with E-state index in [0.717, 1.165) is 36.2 Å². The number of phenolic OH excluding ortho intramolecular Hbond substituents is 1. The number of phenols is 1. The number of hydrogen-bond donors (Lipinski definition) is 1. The largest absolute Gasteiger partial charge is 0.503 e. The van der Waals surface area contributed by atoms with Crippen molar-refractivity contribution in [2.75, 3.05) is 25.1 Å². The van der Waals surface area contributed by atoms with Gasteiger partial charge in [-0.05, 0) is 95.9 Å². The molecule has 12 heteroatoms. The molecule has 8 rings (SSSR count). The maximum absolute atomic E-state index is 14.7. The summed E-state index contributed by atoms with van der Waals surface area (Å²) in [6, 6.07) is 17.2. The molecule has 4 amide bonds. The van der Waals surface area contributed by atoms with Crippen molar-refractivity contribution in [1.29, 1.82) is 0 Å². The van der Waals surface area contributed by atoms with Crippen molar-refractivity contribution >= 4 is 56.8 Å². The van der Waals surface area contributed by atoms with Crippen LogP contribution < -0.4 is 9.64 Å². The Labute approximate surface area is 314 Å². The van der Waals surface area contributed by atoms with E-state index in [0.29, 0.717) is 29.3 Å². The third-order valence-corrected chi connectivity index (χ3v) is 13.1. The number of piperidine rings is 1. The average Bonchev–Trinajstić information content (AvgIpc) is 3.50. The number of halogens is 3. The molecule has 0 spiro atoms. The van der Waals surface area contributed by atoms with Crippen LogP contribution in [0, 0.1) is 34.9 Å². The molecule has 6 atom stereocenters. The number of amides is 4. The lowest BCUT2D eigenvalue weighted by Gasteiger charge is -2.49. The molecule has 0 radical (unpaired) electrons. The Hall–Kier alpha value is -4.06. The van der Waals surface area contributed by atoms with Gasteiger partial charge in [0, 0.05) is 31.6 Å². The fourth-order valence-electron chi connectivity index (χ4n) is 9.74. The first-order valence-electron chi connectivity index (χ1n) is 17.7. The number of anilines is 1. The highest BCUT2D eigenvalue weighted by Gasteiger charge is 2.68. The molecule has 0 bridgehead atoms. The predicted molar refractivity (Wildman–Crippen MR) is 195 cm³/mol. The lowest BCUT2D eigenvalue weighted by Crippen LogP contribution is -2.49. The summed E-state index contributed by atoms with van der Waals surface area (Å²) >= 11 is 9.56. The summed E-state index contributed by atoms with van der Waals surface area (Å²) in [5.41, 5.74) is 1.48.